The molecule has 1 heterocycles. The van der Waals surface area contributed by atoms with Gasteiger partial charge in [-0.3, -0.25) is 0 Å². The van der Waals surface area contributed by atoms with Gasteiger partial charge in [-0.1, -0.05) is 6.42 Å². The van der Waals surface area contributed by atoms with E-state index in [9.17, 15) is 27.5 Å². The highest BCUT2D eigenvalue weighted by molar-refractivity contribution is 5.89. The highest BCUT2D eigenvalue weighted by Gasteiger charge is 2.43. The fraction of sp³-hybridized carbons (Fsp3) is 0.588. The molecule has 2 amide bonds. The Balaban J connectivity index is 1.62. The van der Waals surface area contributed by atoms with Crippen molar-refractivity contribution in [1.82, 2.24) is 4.90 Å². The van der Waals surface area contributed by atoms with Crippen LogP contribution in [0.2, 0.25) is 0 Å². The molecule has 2 aliphatic rings. The summed E-state index contributed by atoms with van der Waals surface area (Å²) in [5.41, 5.74) is -2.14. The van der Waals surface area contributed by atoms with E-state index in [4.69, 9.17) is 0 Å². The molecule has 0 aromatic heterocycles. The van der Waals surface area contributed by atoms with Crippen LogP contribution in [0.15, 0.2) is 18.2 Å². The second-order valence-electron chi connectivity index (χ2n) is 6.87. The first-order valence-electron chi connectivity index (χ1n) is 8.33. The van der Waals surface area contributed by atoms with Gasteiger partial charge in [0.25, 0.3) is 0 Å². The predicted octanol–water partition coefficient (Wildman–Crippen LogP) is 4.00. The SMILES string of the molecule is O=C(Nc1cc(F)cc(C(F)(F)F)c1)N1CCC(O)(C2CCC2)CC1. The summed E-state index contributed by atoms with van der Waals surface area (Å²) in [6, 6.07) is 1.35. The van der Waals surface area contributed by atoms with E-state index in [1.807, 2.05) is 0 Å². The van der Waals surface area contributed by atoms with Crippen molar-refractivity contribution in [2.75, 3.05) is 18.4 Å². The molecule has 138 valence electrons. The van der Waals surface area contributed by atoms with E-state index < -0.39 is 29.2 Å². The molecule has 25 heavy (non-hydrogen) atoms. The maximum Gasteiger partial charge on any atom is 0.416 e. The summed E-state index contributed by atoms with van der Waals surface area (Å²) in [4.78, 5) is 13.7. The van der Waals surface area contributed by atoms with E-state index in [2.05, 4.69) is 5.32 Å². The highest BCUT2D eigenvalue weighted by Crippen LogP contribution is 2.42. The first-order chi connectivity index (χ1) is 11.7. The summed E-state index contributed by atoms with van der Waals surface area (Å²) in [7, 11) is 0. The Morgan fingerprint density at radius 1 is 1.20 bits per heavy atom. The molecule has 4 nitrogen and oxygen atoms in total. The van der Waals surface area contributed by atoms with Crippen LogP contribution in [0, 0.1) is 11.7 Å². The minimum Gasteiger partial charge on any atom is -0.389 e. The number of rotatable bonds is 2. The molecule has 0 radical (unpaired) electrons. The summed E-state index contributed by atoms with van der Waals surface area (Å²) >= 11 is 0. The Morgan fingerprint density at radius 2 is 1.84 bits per heavy atom. The number of carbonyl (C=O) groups excluding carboxylic acids is 1. The average Bonchev–Trinajstić information content (AvgIpc) is 2.44. The fourth-order valence-electron chi connectivity index (χ4n) is 3.48. The predicted molar refractivity (Wildman–Crippen MR) is 83.5 cm³/mol. The number of likely N-dealkylation sites (tertiary alicyclic amines) is 1. The van der Waals surface area contributed by atoms with Crippen LogP contribution in [0.5, 0.6) is 0 Å². The molecule has 1 aromatic carbocycles. The summed E-state index contributed by atoms with van der Waals surface area (Å²) in [6.07, 6.45) is -0.702. The molecule has 1 saturated heterocycles. The van der Waals surface area contributed by atoms with Gasteiger partial charge in [0.05, 0.1) is 11.2 Å². The number of alkyl halides is 3. The fourth-order valence-corrected chi connectivity index (χ4v) is 3.48. The van der Waals surface area contributed by atoms with E-state index in [0.717, 1.165) is 25.3 Å². The van der Waals surface area contributed by atoms with Gasteiger partial charge < -0.3 is 15.3 Å². The second-order valence-corrected chi connectivity index (χ2v) is 6.87. The van der Waals surface area contributed by atoms with Crippen LogP contribution in [-0.2, 0) is 6.18 Å². The standard InChI is InChI=1S/C17H20F4N2O2/c18-13-8-12(17(19,20)21)9-14(10-13)22-15(24)23-6-4-16(25,5-7-23)11-2-1-3-11/h8-11,25H,1-7H2,(H,22,24). The van der Waals surface area contributed by atoms with E-state index in [1.165, 1.54) is 4.90 Å². The minimum absolute atomic E-state index is 0.239. The molecule has 8 heteroatoms. The zero-order chi connectivity index (χ0) is 18.2. The molecule has 1 aliphatic heterocycles. The zero-order valence-electron chi connectivity index (χ0n) is 13.6. The number of nitrogens with one attached hydrogen (secondary N) is 1. The summed E-state index contributed by atoms with van der Waals surface area (Å²) in [5, 5.41) is 12.9. The van der Waals surface area contributed by atoms with E-state index in [1.54, 1.807) is 0 Å². The number of anilines is 1. The lowest BCUT2D eigenvalue weighted by atomic mass is 9.69. The lowest BCUT2D eigenvalue weighted by Gasteiger charge is -2.46. The minimum atomic E-state index is -4.69. The average molecular weight is 360 g/mol. The van der Waals surface area contributed by atoms with Crippen molar-refractivity contribution in [3.63, 3.8) is 0 Å². The first kappa shape index (κ1) is 18.0. The van der Waals surface area contributed by atoms with Gasteiger partial charge in [-0.25, -0.2) is 9.18 Å². The Kier molecular flexibility index (Phi) is 4.66. The van der Waals surface area contributed by atoms with Gasteiger partial charge in [0.15, 0.2) is 0 Å². The number of hydrogen-bond donors (Lipinski definition) is 2. The molecular formula is C17H20F4N2O2. The van der Waals surface area contributed by atoms with Gasteiger partial charge in [-0.2, -0.15) is 13.2 Å². The molecule has 2 N–H and O–H groups in total. The number of amides is 2. The third-order valence-electron chi connectivity index (χ3n) is 5.26. The number of urea groups is 1. The molecule has 0 unspecified atom stereocenters. The van der Waals surface area contributed by atoms with Crippen LogP contribution in [0.3, 0.4) is 0 Å². The first-order valence-corrected chi connectivity index (χ1v) is 8.33. The van der Waals surface area contributed by atoms with Gasteiger partial charge >= 0.3 is 12.2 Å². The van der Waals surface area contributed by atoms with E-state index in [0.29, 0.717) is 38.1 Å². The topological polar surface area (TPSA) is 52.6 Å². The van der Waals surface area contributed by atoms with Crippen molar-refractivity contribution >= 4 is 11.7 Å². The van der Waals surface area contributed by atoms with Crippen LogP contribution in [0.25, 0.3) is 0 Å². The summed E-state index contributed by atoms with van der Waals surface area (Å²) in [5.74, 6) is -0.793. The number of hydrogen-bond acceptors (Lipinski definition) is 2. The van der Waals surface area contributed by atoms with Crippen molar-refractivity contribution in [3.05, 3.63) is 29.6 Å². The summed E-state index contributed by atoms with van der Waals surface area (Å²) in [6.45, 7) is 0.639. The van der Waals surface area contributed by atoms with Gasteiger partial charge in [0, 0.05) is 18.8 Å². The zero-order valence-corrected chi connectivity index (χ0v) is 13.6. The smallest absolute Gasteiger partial charge is 0.389 e. The maximum absolute atomic E-state index is 13.4. The van der Waals surface area contributed by atoms with Crippen molar-refractivity contribution in [2.24, 2.45) is 5.92 Å². The van der Waals surface area contributed by atoms with Crippen molar-refractivity contribution in [2.45, 2.75) is 43.9 Å². The molecule has 2 fully saturated rings. The number of nitrogens with zero attached hydrogens (tertiary/aromatic N) is 1. The molecule has 0 spiro atoms. The van der Waals surface area contributed by atoms with Crippen LogP contribution in [0.4, 0.5) is 28.0 Å². The van der Waals surface area contributed by atoms with Crippen LogP contribution < -0.4 is 5.32 Å². The van der Waals surface area contributed by atoms with E-state index in [-0.39, 0.29) is 11.6 Å². The third kappa shape index (κ3) is 3.89. The molecular weight excluding hydrogens is 340 g/mol. The van der Waals surface area contributed by atoms with Gasteiger partial charge in [0.2, 0.25) is 0 Å². The monoisotopic (exact) mass is 360 g/mol. The maximum atomic E-state index is 13.4. The highest BCUT2D eigenvalue weighted by atomic mass is 19.4. The number of benzene rings is 1. The molecule has 0 atom stereocenters. The van der Waals surface area contributed by atoms with Crippen LogP contribution in [-0.4, -0.2) is 34.7 Å². The lowest BCUT2D eigenvalue weighted by Crippen LogP contribution is -2.52. The van der Waals surface area contributed by atoms with Gasteiger partial charge in [-0.05, 0) is 49.8 Å². The van der Waals surface area contributed by atoms with E-state index >= 15 is 0 Å². The second kappa shape index (κ2) is 6.48. The number of piperidine rings is 1. The number of carbonyl (C=O) groups is 1. The molecule has 1 aromatic rings. The van der Waals surface area contributed by atoms with Gasteiger partial charge in [0.1, 0.15) is 5.82 Å². The van der Waals surface area contributed by atoms with Crippen molar-refractivity contribution in [1.29, 1.82) is 0 Å². The Labute approximate surface area is 142 Å². The molecule has 0 bridgehead atoms. The largest absolute Gasteiger partial charge is 0.416 e. The van der Waals surface area contributed by atoms with Crippen molar-refractivity contribution < 1.29 is 27.5 Å². The normalized spacial score (nSPS) is 20.9. The number of halogens is 4. The van der Waals surface area contributed by atoms with Gasteiger partial charge in [-0.15, -0.1) is 0 Å². The molecule has 3 rings (SSSR count). The Bertz CT molecular complexity index is 651. The summed E-state index contributed by atoms with van der Waals surface area (Å²) < 4.78 is 51.6. The van der Waals surface area contributed by atoms with Crippen molar-refractivity contribution in [3.8, 4) is 0 Å². The molecule has 1 aliphatic carbocycles. The van der Waals surface area contributed by atoms with Crippen LogP contribution in [0.1, 0.15) is 37.7 Å². The number of aliphatic hydroxyl groups is 1. The Hall–Kier alpha value is -1.83. The third-order valence-corrected chi connectivity index (χ3v) is 5.26. The Morgan fingerprint density at radius 3 is 2.36 bits per heavy atom. The lowest BCUT2D eigenvalue weighted by molar-refractivity contribution is -0.137. The van der Waals surface area contributed by atoms with Crippen LogP contribution >= 0.6 is 0 Å². The molecule has 1 saturated carbocycles. The quantitative estimate of drug-likeness (QED) is 0.783.